The van der Waals surface area contributed by atoms with Crippen LogP contribution in [0.2, 0.25) is 25.7 Å². The number of pyridine rings is 1. The Bertz CT molecular complexity index is 833. The molecular formula is C19H31BrN6O2Si. The minimum absolute atomic E-state index is 0.365. The number of anilines is 2. The maximum atomic E-state index is 6.05. The number of rotatable bonds is 8. The summed E-state index contributed by atoms with van der Waals surface area (Å²) in [7, 11) is 0.454. The second-order valence-electron chi connectivity index (χ2n) is 8.38. The Balaban J connectivity index is 1.90. The van der Waals surface area contributed by atoms with Crippen molar-refractivity contribution in [3.63, 3.8) is 0 Å². The summed E-state index contributed by atoms with van der Waals surface area (Å²) in [6.07, 6.45) is 1.73. The van der Waals surface area contributed by atoms with Crippen LogP contribution >= 0.6 is 15.9 Å². The molecule has 0 atom stereocenters. The van der Waals surface area contributed by atoms with Crippen molar-refractivity contribution >= 4 is 35.8 Å². The zero-order valence-electron chi connectivity index (χ0n) is 17.7. The Morgan fingerprint density at radius 3 is 2.66 bits per heavy atom. The van der Waals surface area contributed by atoms with E-state index in [0.717, 1.165) is 60.6 Å². The number of halogens is 1. The summed E-state index contributed by atoms with van der Waals surface area (Å²) in [4.78, 5) is 11.5. The number of hydrogen-bond donors (Lipinski definition) is 2. The first-order valence-corrected chi connectivity index (χ1v) is 14.4. The van der Waals surface area contributed by atoms with Crippen molar-refractivity contribution in [2.75, 3.05) is 50.5 Å². The number of nitrogen functional groups attached to an aromatic ring is 1. The molecule has 0 radical (unpaired) electrons. The summed E-state index contributed by atoms with van der Waals surface area (Å²) in [6.45, 7) is 12.0. The van der Waals surface area contributed by atoms with E-state index in [1.165, 1.54) is 0 Å². The smallest absolute Gasteiger partial charge is 0.209 e. The number of ether oxygens (including phenoxy) is 2. The fourth-order valence-corrected chi connectivity index (χ4v) is 4.44. The second kappa shape index (κ2) is 9.46. The SMILES string of the molecule is COc1cc(-c2nc(N3CCNCC3)n(COCC[Si](C)(C)C)c2Br)cnc1N. The number of piperazine rings is 1. The minimum Gasteiger partial charge on any atom is -0.493 e. The quantitative estimate of drug-likeness (QED) is 0.441. The number of hydrogen-bond acceptors (Lipinski definition) is 7. The predicted octanol–water partition coefficient (Wildman–Crippen LogP) is 3.02. The van der Waals surface area contributed by atoms with Gasteiger partial charge in [-0.2, -0.15) is 0 Å². The highest BCUT2D eigenvalue weighted by Gasteiger charge is 2.23. The molecule has 29 heavy (non-hydrogen) atoms. The summed E-state index contributed by atoms with van der Waals surface area (Å²) >= 11 is 3.75. The number of nitrogens with zero attached hydrogens (tertiary/aromatic N) is 4. The molecule has 1 fully saturated rings. The highest BCUT2D eigenvalue weighted by Crippen LogP contribution is 2.35. The van der Waals surface area contributed by atoms with Crippen LogP contribution in [0.5, 0.6) is 5.75 Å². The molecule has 1 saturated heterocycles. The van der Waals surface area contributed by atoms with E-state index in [4.69, 9.17) is 20.2 Å². The summed E-state index contributed by atoms with van der Waals surface area (Å²) in [5.41, 5.74) is 7.53. The van der Waals surface area contributed by atoms with Gasteiger partial charge in [0.25, 0.3) is 0 Å². The van der Waals surface area contributed by atoms with E-state index in [2.05, 4.69) is 55.3 Å². The average molecular weight is 483 g/mol. The molecule has 0 aliphatic carbocycles. The van der Waals surface area contributed by atoms with Crippen molar-refractivity contribution in [3.05, 3.63) is 16.9 Å². The molecule has 0 unspecified atom stereocenters. The van der Waals surface area contributed by atoms with E-state index in [9.17, 15) is 0 Å². The Labute approximate surface area is 181 Å². The molecule has 160 valence electrons. The van der Waals surface area contributed by atoms with Gasteiger partial charge < -0.3 is 25.4 Å². The molecule has 2 aromatic heterocycles. The first-order valence-electron chi connectivity index (χ1n) is 9.89. The van der Waals surface area contributed by atoms with E-state index >= 15 is 0 Å². The van der Waals surface area contributed by atoms with Crippen molar-refractivity contribution < 1.29 is 9.47 Å². The zero-order valence-corrected chi connectivity index (χ0v) is 20.3. The second-order valence-corrected chi connectivity index (χ2v) is 14.7. The normalized spacial score (nSPS) is 15.0. The molecular weight excluding hydrogens is 452 g/mol. The van der Waals surface area contributed by atoms with Gasteiger partial charge in [0.2, 0.25) is 5.95 Å². The fourth-order valence-electron chi connectivity index (χ4n) is 3.11. The Morgan fingerprint density at radius 1 is 1.28 bits per heavy atom. The lowest BCUT2D eigenvalue weighted by atomic mass is 10.2. The topological polar surface area (TPSA) is 90.5 Å². The number of aromatic nitrogens is 3. The Kier molecular flexibility index (Phi) is 7.20. The van der Waals surface area contributed by atoms with Gasteiger partial charge in [-0.15, -0.1) is 0 Å². The van der Waals surface area contributed by atoms with Gasteiger partial charge in [-0.3, -0.25) is 4.57 Å². The molecule has 0 spiro atoms. The van der Waals surface area contributed by atoms with Crippen LogP contribution in [0.4, 0.5) is 11.8 Å². The number of nitrogens with two attached hydrogens (primary N) is 1. The third kappa shape index (κ3) is 5.50. The van der Waals surface area contributed by atoms with E-state index in [1.807, 2.05) is 6.07 Å². The van der Waals surface area contributed by atoms with Crippen LogP contribution in [0.15, 0.2) is 16.9 Å². The molecule has 0 bridgehead atoms. The fraction of sp³-hybridized carbons (Fsp3) is 0.579. The molecule has 3 N–H and O–H groups in total. The molecule has 8 nitrogen and oxygen atoms in total. The molecule has 10 heteroatoms. The molecule has 0 saturated carbocycles. The third-order valence-electron chi connectivity index (χ3n) is 4.88. The lowest BCUT2D eigenvalue weighted by Gasteiger charge is -2.29. The van der Waals surface area contributed by atoms with Crippen LogP contribution in [-0.2, 0) is 11.5 Å². The maximum Gasteiger partial charge on any atom is 0.209 e. The van der Waals surface area contributed by atoms with Crippen molar-refractivity contribution in [3.8, 4) is 17.0 Å². The van der Waals surface area contributed by atoms with Gasteiger partial charge in [-0.1, -0.05) is 19.6 Å². The summed E-state index contributed by atoms with van der Waals surface area (Å²) in [6, 6.07) is 3.00. The van der Waals surface area contributed by atoms with Crippen molar-refractivity contribution in [2.24, 2.45) is 0 Å². The van der Waals surface area contributed by atoms with Gasteiger partial charge >= 0.3 is 0 Å². The van der Waals surface area contributed by atoms with Gasteiger partial charge in [0.05, 0.1) is 7.11 Å². The number of imidazole rings is 1. The van der Waals surface area contributed by atoms with Crippen LogP contribution in [0.25, 0.3) is 11.3 Å². The summed E-state index contributed by atoms with van der Waals surface area (Å²) < 4.78 is 14.3. The Hall–Kier alpha value is -1.62. The highest BCUT2D eigenvalue weighted by molar-refractivity contribution is 9.10. The highest BCUT2D eigenvalue weighted by atomic mass is 79.9. The standard InChI is InChI=1S/C19H31BrN6O2Si/c1-27-15-11-14(12-23-18(15)21)16-17(20)26(13-28-9-10-29(2,3)4)19(24-16)25-7-5-22-6-8-25/h11-12,22H,5-10,13H2,1-4H3,(H2,21,23). The van der Waals surface area contributed by atoms with Crippen LogP contribution in [0.1, 0.15) is 0 Å². The molecule has 3 rings (SSSR count). The molecule has 0 amide bonds. The lowest BCUT2D eigenvalue weighted by Crippen LogP contribution is -2.44. The summed E-state index contributed by atoms with van der Waals surface area (Å²) in [5, 5.41) is 3.39. The van der Waals surface area contributed by atoms with Gasteiger partial charge in [0, 0.05) is 52.6 Å². The number of nitrogens with one attached hydrogen (secondary N) is 1. The van der Waals surface area contributed by atoms with E-state index in [0.29, 0.717) is 18.3 Å². The van der Waals surface area contributed by atoms with E-state index in [-0.39, 0.29) is 0 Å². The first-order chi connectivity index (χ1) is 13.8. The van der Waals surface area contributed by atoms with Gasteiger partial charge in [0.15, 0.2) is 11.6 Å². The van der Waals surface area contributed by atoms with Crippen molar-refractivity contribution in [2.45, 2.75) is 32.4 Å². The first kappa shape index (κ1) is 22.1. The average Bonchev–Trinajstić information content (AvgIpc) is 3.02. The lowest BCUT2D eigenvalue weighted by molar-refractivity contribution is 0.0865. The monoisotopic (exact) mass is 482 g/mol. The van der Waals surface area contributed by atoms with Gasteiger partial charge in [-0.25, -0.2) is 9.97 Å². The van der Waals surface area contributed by atoms with E-state index in [1.54, 1.807) is 13.3 Å². The van der Waals surface area contributed by atoms with Gasteiger partial charge in [0.1, 0.15) is 17.0 Å². The Morgan fingerprint density at radius 2 is 2.00 bits per heavy atom. The van der Waals surface area contributed by atoms with E-state index < -0.39 is 8.07 Å². The van der Waals surface area contributed by atoms with Crippen LogP contribution in [0.3, 0.4) is 0 Å². The molecule has 2 aromatic rings. The summed E-state index contributed by atoms with van der Waals surface area (Å²) in [5.74, 6) is 1.81. The molecule has 1 aliphatic rings. The number of methoxy groups -OCH3 is 1. The zero-order chi connectivity index (χ0) is 21.0. The van der Waals surface area contributed by atoms with Crippen LogP contribution in [-0.4, -0.2) is 62.5 Å². The van der Waals surface area contributed by atoms with Crippen molar-refractivity contribution in [1.29, 1.82) is 0 Å². The van der Waals surface area contributed by atoms with Crippen molar-refractivity contribution in [1.82, 2.24) is 19.9 Å². The maximum absolute atomic E-state index is 6.05. The third-order valence-corrected chi connectivity index (χ3v) is 7.39. The molecule has 3 heterocycles. The largest absolute Gasteiger partial charge is 0.493 e. The molecule has 1 aliphatic heterocycles. The molecule has 0 aromatic carbocycles. The van der Waals surface area contributed by atoms with Crippen LogP contribution in [0, 0.1) is 0 Å². The minimum atomic E-state index is -1.13. The van der Waals surface area contributed by atoms with Gasteiger partial charge in [-0.05, 0) is 28.0 Å². The predicted molar refractivity (Wildman–Crippen MR) is 123 cm³/mol. The van der Waals surface area contributed by atoms with Crippen LogP contribution < -0.4 is 20.7 Å².